The van der Waals surface area contributed by atoms with Gasteiger partial charge in [0.15, 0.2) is 0 Å². The highest BCUT2D eigenvalue weighted by Crippen LogP contribution is 2.38. The minimum atomic E-state index is 0.520. The largest absolute Gasteiger partial charge is 0.376 e. The normalized spacial score (nSPS) is 38.8. The predicted molar refractivity (Wildman–Crippen MR) is 73.7 cm³/mol. The number of hydrogen-bond acceptors (Lipinski definition) is 3. The average molecular weight is 252 g/mol. The van der Waals surface area contributed by atoms with Crippen LogP contribution in [0.25, 0.3) is 0 Å². The molecule has 2 N–H and O–H groups in total. The van der Waals surface area contributed by atoms with E-state index in [2.05, 4.69) is 17.6 Å². The molecule has 4 atom stereocenters. The summed E-state index contributed by atoms with van der Waals surface area (Å²) in [5, 5.41) is 7.48. The second kappa shape index (κ2) is 5.89. The van der Waals surface area contributed by atoms with Crippen LogP contribution >= 0.6 is 0 Å². The molecule has 18 heavy (non-hydrogen) atoms. The fourth-order valence-electron chi connectivity index (χ4n) is 3.66. The predicted octanol–water partition coefficient (Wildman–Crippen LogP) is 2.06. The Kier molecular flexibility index (Phi) is 4.22. The molecule has 3 nitrogen and oxygen atoms in total. The molecule has 3 rings (SSSR count). The van der Waals surface area contributed by atoms with Crippen molar-refractivity contribution < 1.29 is 4.74 Å². The first kappa shape index (κ1) is 12.9. The van der Waals surface area contributed by atoms with E-state index in [4.69, 9.17) is 4.74 Å². The number of rotatable bonds is 5. The quantitative estimate of drug-likeness (QED) is 0.786. The van der Waals surface area contributed by atoms with Crippen molar-refractivity contribution in [1.82, 2.24) is 10.6 Å². The van der Waals surface area contributed by atoms with Crippen LogP contribution < -0.4 is 10.6 Å². The lowest BCUT2D eigenvalue weighted by Crippen LogP contribution is -2.46. The Hall–Kier alpha value is -0.120. The lowest BCUT2D eigenvalue weighted by Gasteiger charge is -2.29. The Bertz CT molecular complexity index is 261. The number of ether oxygens (including phenoxy) is 1. The fourth-order valence-corrected chi connectivity index (χ4v) is 3.66. The summed E-state index contributed by atoms with van der Waals surface area (Å²) in [7, 11) is 0. The molecular weight excluding hydrogens is 224 g/mol. The van der Waals surface area contributed by atoms with Gasteiger partial charge in [-0.25, -0.2) is 0 Å². The molecule has 104 valence electrons. The SMILES string of the molecule is CC(CC1CCCCN1)NC1CCOC1C1CC1. The molecule has 3 aliphatic rings. The molecule has 4 unspecified atom stereocenters. The molecule has 0 aromatic carbocycles. The topological polar surface area (TPSA) is 33.3 Å². The van der Waals surface area contributed by atoms with E-state index in [-0.39, 0.29) is 0 Å². The van der Waals surface area contributed by atoms with Gasteiger partial charge in [0.05, 0.1) is 6.10 Å². The van der Waals surface area contributed by atoms with E-state index in [1.54, 1.807) is 0 Å². The van der Waals surface area contributed by atoms with Crippen molar-refractivity contribution >= 4 is 0 Å². The van der Waals surface area contributed by atoms with Gasteiger partial charge in [-0.15, -0.1) is 0 Å². The van der Waals surface area contributed by atoms with Crippen LogP contribution in [-0.4, -0.2) is 37.4 Å². The number of nitrogens with one attached hydrogen (secondary N) is 2. The molecule has 0 amide bonds. The zero-order valence-corrected chi connectivity index (χ0v) is 11.7. The Morgan fingerprint density at radius 1 is 1.22 bits per heavy atom. The van der Waals surface area contributed by atoms with E-state index in [1.807, 2.05) is 0 Å². The first-order valence-corrected chi connectivity index (χ1v) is 7.94. The minimum absolute atomic E-state index is 0.520. The molecule has 1 aliphatic carbocycles. The molecule has 0 radical (unpaired) electrons. The van der Waals surface area contributed by atoms with Gasteiger partial charge in [0.2, 0.25) is 0 Å². The molecule has 0 aromatic rings. The number of piperidine rings is 1. The average Bonchev–Trinajstić information content (AvgIpc) is 3.12. The fraction of sp³-hybridized carbons (Fsp3) is 1.00. The lowest BCUT2D eigenvalue weighted by atomic mass is 9.97. The molecule has 3 fully saturated rings. The van der Waals surface area contributed by atoms with Crippen LogP contribution in [0.1, 0.15) is 51.9 Å². The van der Waals surface area contributed by atoms with E-state index < -0.39 is 0 Å². The van der Waals surface area contributed by atoms with E-state index in [1.165, 1.54) is 51.5 Å². The van der Waals surface area contributed by atoms with Crippen LogP contribution in [0.3, 0.4) is 0 Å². The van der Waals surface area contributed by atoms with Crippen molar-refractivity contribution in [3.05, 3.63) is 0 Å². The van der Waals surface area contributed by atoms with Gasteiger partial charge in [0, 0.05) is 24.7 Å². The Labute approximate surface area is 111 Å². The molecule has 0 aromatic heterocycles. The van der Waals surface area contributed by atoms with E-state index in [0.29, 0.717) is 18.2 Å². The second-order valence-corrected chi connectivity index (χ2v) is 6.52. The van der Waals surface area contributed by atoms with Crippen molar-refractivity contribution in [2.24, 2.45) is 5.92 Å². The summed E-state index contributed by atoms with van der Waals surface area (Å²) in [4.78, 5) is 0. The van der Waals surface area contributed by atoms with Crippen LogP contribution in [0.5, 0.6) is 0 Å². The smallest absolute Gasteiger partial charge is 0.0757 e. The van der Waals surface area contributed by atoms with Crippen LogP contribution in [0.15, 0.2) is 0 Å². The summed E-state index contributed by atoms with van der Waals surface area (Å²) in [6.07, 6.45) is 9.91. The van der Waals surface area contributed by atoms with Gasteiger partial charge in [-0.05, 0) is 57.9 Å². The molecule has 2 aliphatic heterocycles. The van der Waals surface area contributed by atoms with Crippen molar-refractivity contribution in [3.8, 4) is 0 Å². The van der Waals surface area contributed by atoms with Crippen molar-refractivity contribution in [3.63, 3.8) is 0 Å². The molecule has 2 saturated heterocycles. The summed E-state index contributed by atoms with van der Waals surface area (Å²) in [6, 6.07) is 1.98. The molecule has 2 heterocycles. The maximum Gasteiger partial charge on any atom is 0.0757 e. The number of hydrogen-bond donors (Lipinski definition) is 2. The monoisotopic (exact) mass is 252 g/mol. The highest BCUT2D eigenvalue weighted by Gasteiger charge is 2.40. The van der Waals surface area contributed by atoms with Gasteiger partial charge >= 0.3 is 0 Å². The van der Waals surface area contributed by atoms with Crippen LogP contribution in [0, 0.1) is 5.92 Å². The summed E-state index contributed by atoms with van der Waals surface area (Å²) >= 11 is 0. The third-order valence-corrected chi connectivity index (χ3v) is 4.77. The van der Waals surface area contributed by atoms with E-state index in [9.17, 15) is 0 Å². The summed E-state index contributed by atoms with van der Waals surface area (Å²) in [5.41, 5.74) is 0. The maximum absolute atomic E-state index is 5.90. The summed E-state index contributed by atoms with van der Waals surface area (Å²) in [5.74, 6) is 0.866. The Morgan fingerprint density at radius 3 is 2.83 bits per heavy atom. The molecule has 0 bridgehead atoms. The zero-order valence-electron chi connectivity index (χ0n) is 11.7. The molecular formula is C15H28N2O. The molecule has 0 spiro atoms. The lowest BCUT2D eigenvalue weighted by molar-refractivity contribution is 0.0786. The highest BCUT2D eigenvalue weighted by molar-refractivity contribution is 4.94. The van der Waals surface area contributed by atoms with Gasteiger partial charge in [-0.2, -0.15) is 0 Å². The summed E-state index contributed by atoms with van der Waals surface area (Å²) in [6.45, 7) is 4.53. The van der Waals surface area contributed by atoms with Crippen LogP contribution in [-0.2, 0) is 4.74 Å². The van der Waals surface area contributed by atoms with E-state index >= 15 is 0 Å². The Morgan fingerprint density at radius 2 is 2.11 bits per heavy atom. The first-order chi connectivity index (χ1) is 8.83. The third kappa shape index (κ3) is 3.25. The van der Waals surface area contributed by atoms with Gasteiger partial charge < -0.3 is 15.4 Å². The van der Waals surface area contributed by atoms with Crippen molar-refractivity contribution in [2.45, 2.75) is 76.1 Å². The van der Waals surface area contributed by atoms with Gasteiger partial charge in [-0.3, -0.25) is 0 Å². The molecule has 3 heteroatoms. The van der Waals surface area contributed by atoms with Crippen LogP contribution in [0.2, 0.25) is 0 Å². The first-order valence-electron chi connectivity index (χ1n) is 7.94. The van der Waals surface area contributed by atoms with Crippen LogP contribution in [0.4, 0.5) is 0 Å². The van der Waals surface area contributed by atoms with Gasteiger partial charge in [-0.1, -0.05) is 6.42 Å². The minimum Gasteiger partial charge on any atom is -0.376 e. The van der Waals surface area contributed by atoms with Gasteiger partial charge in [0.1, 0.15) is 0 Å². The van der Waals surface area contributed by atoms with Crippen molar-refractivity contribution in [1.29, 1.82) is 0 Å². The van der Waals surface area contributed by atoms with E-state index in [0.717, 1.165) is 18.6 Å². The zero-order chi connectivity index (χ0) is 12.4. The highest BCUT2D eigenvalue weighted by atomic mass is 16.5. The van der Waals surface area contributed by atoms with Gasteiger partial charge in [0.25, 0.3) is 0 Å². The standard InChI is InChI=1S/C15H28N2O/c1-11(10-13-4-2-3-8-16-13)17-14-7-9-18-15(14)12-5-6-12/h11-17H,2-10H2,1H3. The summed E-state index contributed by atoms with van der Waals surface area (Å²) < 4.78 is 5.90. The maximum atomic E-state index is 5.90. The molecule has 1 saturated carbocycles. The Balaban J connectivity index is 1.43. The van der Waals surface area contributed by atoms with Crippen molar-refractivity contribution in [2.75, 3.05) is 13.2 Å². The third-order valence-electron chi connectivity index (χ3n) is 4.77. The second-order valence-electron chi connectivity index (χ2n) is 6.52.